The predicted molar refractivity (Wildman–Crippen MR) is 83.5 cm³/mol. The van der Waals surface area contributed by atoms with Crippen LogP contribution in [0.3, 0.4) is 0 Å². The van der Waals surface area contributed by atoms with E-state index in [1.54, 1.807) is 24.3 Å². The quantitative estimate of drug-likeness (QED) is 0.899. The SMILES string of the molecule is CCNC(=O)c1cccc(NC(=O)N2CCCC[C@@H]2C)c1. The maximum atomic E-state index is 12.3. The van der Waals surface area contributed by atoms with Gasteiger partial charge in [0.05, 0.1) is 0 Å². The first-order chi connectivity index (χ1) is 10.1. The summed E-state index contributed by atoms with van der Waals surface area (Å²) in [4.78, 5) is 26.0. The number of nitrogens with zero attached hydrogens (tertiary/aromatic N) is 1. The molecule has 114 valence electrons. The number of hydrogen-bond acceptors (Lipinski definition) is 2. The van der Waals surface area contributed by atoms with Crippen molar-refractivity contribution in [3.63, 3.8) is 0 Å². The minimum Gasteiger partial charge on any atom is -0.352 e. The van der Waals surface area contributed by atoms with Crippen LogP contribution < -0.4 is 10.6 Å². The summed E-state index contributed by atoms with van der Waals surface area (Å²) in [5.74, 6) is -0.125. The Morgan fingerprint density at radius 1 is 1.33 bits per heavy atom. The molecule has 5 nitrogen and oxygen atoms in total. The lowest BCUT2D eigenvalue weighted by molar-refractivity contribution is 0.0955. The van der Waals surface area contributed by atoms with Crippen molar-refractivity contribution in [1.29, 1.82) is 0 Å². The molecule has 3 amide bonds. The molecule has 1 aliphatic rings. The van der Waals surface area contributed by atoms with Crippen molar-refractivity contribution in [1.82, 2.24) is 10.2 Å². The highest BCUT2D eigenvalue weighted by molar-refractivity contribution is 5.96. The van der Waals surface area contributed by atoms with Gasteiger partial charge in [0.1, 0.15) is 0 Å². The van der Waals surface area contributed by atoms with Gasteiger partial charge in [-0.05, 0) is 51.3 Å². The summed E-state index contributed by atoms with van der Waals surface area (Å²) in [7, 11) is 0. The Kier molecular flexibility index (Phi) is 5.20. The maximum absolute atomic E-state index is 12.3. The van der Waals surface area contributed by atoms with Crippen LogP contribution in [0.2, 0.25) is 0 Å². The van der Waals surface area contributed by atoms with Gasteiger partial charge in [-0.25, -0.2) is 4.79 Å². The van der Waals surface area contributed by atoms with Crippen LogP contribution >= 0.6 is 0 Å². The van der Waals surface area contributed by atoms with Gasteiger partial charge in [-0.1, -0.05) is 6.07 Å². The van der Waals surface area contributed by atoms with E-state index in [0.29, 0.717) is 17.8 Å². The monoisotopic (exact) mass is 289 g/mol. The Bertz CT molecular complexity index is 516. The topological polar surface area (TPSA) is 61.4 Å². The predicted octanol–water partition coefficient (Wildman–Crippen LogP) is 2.84. The van der Waals surface area contributed by atoms with Crippen LogP contribution in [0.1, 0.15) is 43.5 Å². The molecule has 2 rings (SSSR count). The van der Waals surface area contributed by atoms with Crippen molar-refractivity contribution in [3.8, 4) is 0 Å². The van der Waals surface area contributed by atoms with Crippen LogP contribution in [0.5, 0.6) is 0 Å². The Labute approximate surface area is 125 Å². The van der Waals surface area contributed by atoms with Gasteiger partial charge in [0, 0.05) is 30.4 Å². The summed E-state index contributed by atoms with van der Waals surface area (Å²) in [6.45, 7) is 5.33. The first kappa shape index (κ1) is 15.4. The molecular formula is C16H23N3O2. The fourth-order valence-corrected chi connectivity index (χ4v) is 2.60. The van der Waals surface area contributed by atoms with Crippen molar-refractivity contribution in [2.45, 2.75) is 39.2 Å². The Morgan fingerprint density at radius 3 is 2.86 bits per heavy atom. The third kappa shape index (κ3) is 3.97. The lowest BCUT2D eigenvalue weighted by Crippen LogP contribution is -2.44. The van der Waals surface area contributed by atoms with Crippen molar-refractivity contribution < 1.29 is 9.59 Å². The third-order valence-corrected chi connectivity index (χ3v) is 3.78. The van der Waals surface area contributed by atoms with Crippen molar-refractivity contribution in [2.24, 2.45) is 0 Å². The number of hydrogen-bond donors (Lipinski definition) is 2. The molecule has 1 aliphatic heterocycles. The molecule has 5 heteroatoms. The van der Waals surface area contributed by atoms with Gasteiger partial charge in [-0.3, -0.25) is 4.79 Å². The second kappa shape index (κ2) is 7.11. The smallest absolute Gasteiger partial charge is 0.322 e. The summed E-state index contributed by atoms with van der Waals surface area (Å²) in [5, 5.41) is 5.64. The van der Waals surface area contributed by atoms with E-state index in [4.69, 9.17) is 0 Å². The maximum Gasteiger partial charge on any atom is 0.322 e. The van der Waals surface area contributed by atoms with Crippen molar-refractivity contribution in [2.75, 3.05) is 18.4 Å². The fourth-order valence-electron chi connectivity index (χ4n) is 2.60. The molecule has 0 aromatic heterocycles. The van der Waals surface area contributed by atoms with Gasteiger partial charge in [0.15, 0.2) is 0 Å². The zero-order valence-electron chi connectivity index (χ0n) is 12.7. The zero-order valence-corrected chi connectivity index (χ0v) is 12.7. The van der Waals surface area contributed by atoms with E-state index in [1.165, 1.54) is 6.42 Å². The summed E-state index contributed by atoms with van der Waals surface area (Å²) < 4.78 is 0. The Morgan fingerprint density at radius 2 is 2.14 bits per heavy atom. The van der Waals surface area contributed by atoms with Crippen molar-refractivity contribution >= 4 is 17.6 Å². The second-order valence-electron chi connectivity index (χ2n) is 5.41. The molecule has 1 aromatic rings. The molecule has 1 fully saturated rings. The normalized spacial score (nSPS) is 18.2. The number of carbonyl (C=O) groups excluding carboxylic acids is 2. The summed E-state index contributed by atoms with van der Waals surface area (Å²) in [6, 6.07) is 7.21. The molecule has 2 N–H and O–H groups in total. The molecule has 1 atom stereocenters. The van der Waals surface area contributed by atoms with E-state index in [-0.39, 0.29) is 18.0 Å². The van der Waals surface area contributed by atoms with Crippen molar-refractivity contribution in [3.05, 3.63) is 29.8 Å². The number of carbonyl (C=O) groups is 2. The summed E-state index contributed by atoms with van der Waals surface area (Å²) in [6.07, 6.45) is 3.28. The number of nitrogens with one attached hydrogen (secondary N) is 2. The molecule has 0 unspecified atom stereocenters. The zero-order chi connectivity index (χ0) is 15.2. The standard InChI is InChI=1S/C16H23N3O2/c1-3-17-15(20)13-8-6-9-14(11-13)18-16(21)19-10-5-4-7-12(19)2/h6,8-9,11-12H,3-5,7,10H2,1-2H3,(H,17,20)(H,18,21)/t12-/m0/s1. The summed E-state index contributed by atoms with van der Waals surface area (Å²) in [5.41, 5.74) is 1.21. The van der Waals surface area contributed by atoms with Gasteiger partial charge in [0.25, 0.3) is 5.91 Å². The molecule has 1 aromatic carbocycles. The molecule has 0 aliphatic carbocycles. The highest BCUT2D eigenvalue weighted by atomic mass is 16.2. The molecular weight excluding hydrogens is 266 g/mol. The number of anilines is 1. The summed E-state index contributed by atoms with van der Waals surface area (Å²) >= 11 is 0. The first-order valence-electron chi connectivity index (χ1n) is 7.57. The van der Waals surface area contributed by atoms with Crippen LogP contribution in [0, 0.1) is 0 Å². The Hall–Kier alpha value is -2.04. The van der Waals surface area contributed by atoms with Crippen LogP contribution in [0.4, 0.5) is 10.5 Å². The van der Waals surface area contributed by atoms with E-state index < -0.39 is 0 Å². The largest absolute Gasteiger partial charge is 0.352 e. The van der Waals surface area contributed by atoms with E-state index in [1.807, 2.05) is 11.8 Å². The van der Waals surface area contributed by atoms with Gasteiger partial charge in [-0.15, -0.1) is 0 Å². The van der Waals surface area contributed by atoms with E-state index in [9.17, 15) is 9.59 Å². The van der Waals surface area contributed by atoms with Gasteiger partial charge in [0.2, 0.25) is 0 Å². The highest BCUT2D eigenvalue weighted by Crippen LogP contribution is 2.18. The minimum atomic E-state index is -0.125. The molecule has 1 saturated heterocycles. The highest BCUT2D eigenvalue weighted by Gasteiger charge is 2.23. The third-order valence-electron chi connectivity index (χ3n) is 3.78. The fraction of sp³-hybridized carbons (Fsp3) is 0.500. The van der Waals surface area contributed by atoms with Gasteiger partial charge in [-0.2, -0.15) is 0 Å². The van der Waals surface area contributed by atoms with Gasteiger partial charge < -0.3 is 15.5 Å². The van der Waals surface area contributed by atoms with Crippen LogP contribution in [-0.4, -0.2) is 36.0 Å². The number of urea groups is 1. The molecule has 21 heavy (non-hydrogen) atoms. The average Bonchev–Trinajstić information content (AvgIpc) is 2.48. The van der Waals surface area contributed by atoms with E-state index in [2.05, 4.69) is 17.6 Å². The number of amides is 3. The lowest BCUT2D eigenvalue weighted by Gasteiger charge is -2.33. The van der Waals surface area contributed by atoms with Crippen LogP contribution in [0.15, 0.2) is 24.3 Å². The van der Waals surface area contributed by atoms with Crippen LogP contribution in [-0.2, 0) is 0 Å². The Balaban J connectivity index is 2.03. The minimum absolute atomic E-state index is 0.0877. The lowest BCUT2D eigenvalue weighted by atomic mass is 10.0. The number of piperidine rings is 1. The first-order valence-corrected chi connectivity index (χ1v) is 7.57. The number of benzene rings is 1. The van der Waals surface area contributed by atoms with Crippen LogP contribution in [0.25, 0.3) is 0 Å². The van der Waals surface area contributed by atoms with Gasteiger partial charge >= 0.3 is 6.03 Å². The molecule has 0 radical (unpaired) electrons. The van der Waals surface area contributed by atoms with E-state index in [0.717, 1.165) is 19.4 Å². The second-order valence-corrected chi connectivity index (χ2v) is 5.41. The average molecular weight is 289 g/mol. The van der Waals surface area contributed by atoms with E-state index >= 15 is 0 Å². The molecule has 0 bridgehead atoms. The molecule has 0 saturated carbocycles. The number of rotatable bonds is 3. The number of likely N-dealkylation sites (tertiary alicyclic amines) is 1. The molecule has 0 spiro atoms. The molecule has 1 heterocycles.